The fraction of sp³-hybridized carbons (Fsp3) is 0.154. The van der Waals surface area contributed by atoms with Crippen molar-refractivity contribution in [3.8, 4) is 11.5 Å². The van der Waals surface area contributed by atoms with Crippen LogP contribution in [0.1, 0.15) is 15.9 Å². The summed E-state index contributed by atoms with van der Waals surface area (Å²) in [7, 11) is 2.88. The van der Waals surface area contributed by atoms with Gasteiger partial charge in [0, 0.05) is 6.08 Å². The Kier molecular flexibility index (Phi) is 5.28. The fourth-order valence-electron chi connectivity index (χ4n) is 1.53. The van der Waals surface area contributed by atoms with Crippen LogP contribution in [0, 0.1) is 0 Å². The standard InChI is InChI=1S/C13H15N3O4/c1-19-10-6-8(3-4-11(18)16-13(14)15)5-9(7-17)12(10)20-2/h3-7H,1-2H3,(H4,14,15,16,18)/b4-3+. The second kappa shape index (κ2) is 6.93. The van der Waals surface area contributed by atoms with Crippen LogP contribution in [-0.2, 0) is 4.79 Å². The van der Waals surface area contributed by atoms with Gasteiger partial charge in [-0.1, -0.05) is 0 Å². The Morgan fingerprint density at radius 2 is 1.95 bits per heavy atom. The molecule has 0 aliphatic carbocycles. The lowest BCUT2D eigenvalue weighted by Crippen LogP contribution is -2.23. The second-order valence-corrected chi connectivity index (χ2v) is 3.67. The Hall–Kier alpha value is -2.83. The molecule has 4 N–H and O–H groups in total. The first-order valence-corrected chi connectivity index (χ1v) is 5.54. The number of amides is 1. The highest BCUT2D eigenvalue weighted by Crippen LogP contribution is 2.32. The van der Waals surface area contributed by atoms with E-state index in [2.05, 4.69) is 4.99 Å². The SMILES string of the molecule is COc1cc(/C=C/C(=O)N=C(N)N)cc(C=O)c1OC. The highest BCUT2D eigenvalue weighted by atomic mass is 16.5. The van der Waals surface area contributed by atoms with Gasteiger partial charge in [0.05, 0.1) is 19.8 Å². The van der Waals surface area contributed by atoms with E-state index in [9.17, 15) is 9.59 Å². The van der Waals surface area contributed by atoms with Crippen molar-refractivity contribution in [3.05, 3.63) is 29.3 Å². The molecule has 0 fully saturated rings. The predicted molar refractivity (Wildman–Crippen MR) is 74.8 cm³/mol. The number of methoxy groups -OCH3 is 2. The quantitative estimate of drug-likeness (QED) is 0.346. The lowest BCUT2D eigenvalue weighted by atomic mass is 10.1. The van der Waals surface area contributed by atoms with Gasteiger partial charge < -0.3 is 20.9 Å². The highest BCUT2D eigenvalue weighted by Gasteiger charge is 2.10. The molecule has 0 unspecified atom stereocenters. The molecule has 106 valence electrons. The highest BCUT2D eigenvalue weighted by molar-refractivity contribution is 6.00. The van der Waals surface area contributed by atoms with E-state index < -0.39 is 5.91 Å². The molecule has 0 bridgehead atoms. The average molecular weight is 277 g/mol. The van der Waals surface area contributed by atoms with Gasteiger partial charge in [-0.2, -0.15) is 4.99 Å². The zero-order valence-electron chi connectivity index (χ0n) is 11.1. The zero-order valence-corrected chi connectivity index (χ0v) is 11.1. The topological polar surface area (TPSA) is 117 Å². The van der Waals surface area contributed by atoms with Crippen molar-refractivity contribution in [2.75, 3.05) is 14.2 Å². The summed E-state index contributed by atoms with van der Waals surface area (Å²) in [6, 6.07) is 3.17. The van der Waals surface area contributed by atoms with Crippen LogP contribution in [0.5, 0.6) is 11.5 Å². The van der Waals surface area contributed by atoms with E-state index in [0.717, 1.165) is 0 Å². The molecule has 0 saturated heterocycles. The molecule has 7 nitrogen and oxygen atoms in total. The number of nitrogens with two attached hydrogens (primary N) is 2. The lowest BCUT2D eigenvalue weighted by molar-refractivity contribution is -0.113. The molecular weight excluding hydrogens is 262 g/mol. The fourth-order valence-corrected chi connectivity index (χ4v) is 1.53. The van der Waals surface area contributed by atoms with Crippen LogP contribution in [0.25, 0.3) is 6.08 Å². The van der Waals surface area contributed by atoms with Gasteiger partial charge in [-0.05, 0) is 23.8 Å². The summed E-state index contributed by atoms with van der Waals surface area (Å²) in [5.74, 6) is -0.214. The minimum atomic E-state index is -0.604. The van der Waals surface area contributed by atoms with Gasteiger partial charge in [-0.25, -0.2) is 0 Å². The number of hydrogen-bond acceptors (Lipinski definition) is 4. The number of benzene rings is 1. The molecule has 1 rings (SSSR count). The van der Waals surface area contributed by atoms with E-state index in [1.165, 1.54) is 26.4 Å². The van der Waals surface area contributed by atoms with E-state index in [1.54, 1.807) is 12.1 Å². The second-order valence-electron chi connectivity index (χ2n) is 3.67. The number of rotatable bonds is 5. The number of nitrogens with zero attached hydrogens (tertiary/aromatic N) is 1. The summed E-state index contributed by atoms with van der Waals surface area (Å²) in [5, 5.41) is 0. The maximum Gasteiger partial charge on any atom is 0.272 e. The largest absolute Gasteiger partial charge is 0.493 e. The number of hydrogen-bond donors (Lipinski definition) is 2. The average Bonchev–Trinajstić information content (AvgIpc) is 2.42. The molecule has 0 atom stereocenters. The van der Waals surface area contributed by atoms with Crippen LogP contribution in [-0.4, -0.2) is 32.4 Å². The van der Waals surface area contributed by atoms with E-state index in [4.69, 9.17) is 20.9 Å². The number of aldehydes is 1. The molecule has 0 heterocycles. The van der Waals surface area contributed by atoms with Crippen LogP contribution in [0.3, 0.4) is 0 Å². The molecular formula is C13H15N3O4. The molecule has 0 saturated carbocycles. The third kappa shape index (κ3) is 3.84. The van der Waals surface area contributed by atoms with Gasteiger partial charge in [0.15, 0.2) is 23.7 Å². The van der Waals surface area contributed by atoms with Crippen molar-refractivity contribution in [2.45, 2.75) is 0 Å². The first-order chi connectivity index (χ1) is 9.51. The Bertz CT molecular complexity index is 575. The summed E-state index contributed by atoms with van der Waals surface area (Å²) < 4.78 is 10.2. The Balaban J connectivity index is 3.14. The minimum Gasteiger partial charge on any atom is -0.493 e. The Morgan fingerprint density at radius 3 is 2.45 bits per heavy atom. The van der Waals surface area contributed by atoms with Gasteiger partial charge in [0.25, 0.3) is 5.91 Å². The van der Waals surface area contributed by atoms with Gasteiger partial charge in [0.2, 0.25) is 0 Å². The molecule has 1 amide bonds. The van der Waals surface area contributed by atoms with E-state index >= 15 is 0 Å². The molecule has 1 aromatic rings. The summed E-state index contributed by atoms with van der Waals surface area (Å²) >= 11 is 0. The van der Waals surface area contributed by atoms with Crippen molar-refractivity contribution in [2.24, 2.45) is 16.5 Å². The molecule has 0 aliphatic heterocycles. The van der Waals surface area contributed by atoms with E-state index in [-0.39, 0.29) is 5.96 Å². The predicted octanol–water partition coefficient (Wildman–Crippen LogP) is 0.330. The van der Waals surface area contributed by atoms with Crippen molar-refractivity contribution >= 4 is 24.2 Å². The molecule has 0 radical (unpaired) electrons. The van der Waals surface area contributed by atoms with Gasteiger partial charge in [-0.3, -0.25) is 9.59 Å². The van der Waals surface area contributed by atoms with Crippen molar-refractivity contribution < 1.29 is 19.1 Å². The Labute approximate surface area is 115 Å². The molecule has 7 heteroatoms. The molecule has 20 heavy (non-hydrogen) atoms. The first kappa shape index (κ1) is 15.2. The normalized spacial score (nSPS) is 10.1. The van der Waals surface area contributed by atoms with Crippen molar-refractivity contribution in [1.82, 2.24) is 0 Å². The molecule has 0 spiro atoms. The van der Waals surface area contributed by atoms with Crippen LogP contribution >= 0.6 is 0 Å². The van der Waals surface area contributed by atoms with Crippen LogP contribution in [0.2, 0.25) is 0 Å². The van der Waals surface area contributed by atoms with Crippen LogP contribution in [0.15, 0.2) is 23.2 Å². The van der Waals surface area contributed by atoms with Gasteiger partial charge >= 0.3 is 0 Å². The molecule has 0 aromatic heterocycles. The maximum atomic E-state index is 11.3. The van der Waals surface area contributed by atoms with Crippen molar-refractivity contribution in [3.63, 3.8) is 0 Å². The number of carbonyl (C=O) groups excluding carboxylic acids is 2. The third-order valence-electron chi connectivity index (χ3n) is 2.31. The molecule has 1 aromatic carbocycles. The number of guanidine groups is 1. The summed E-state index contributed by atoms with van der Waals surface area (Å²) in [4.78, 5) is 25.6. The maximum absolute atomic E-state index is 11.3. The smallest absolute Gasteiger partial charge is 0.272 e. The molecule has 0 aliphatic rings. The zero-order chi connectivity index (χ0) is 15.1. The number of carbonyl (C=O) groups is 2. The lowest BCUT2D eigenvalue weighted by Gasteiger charge is -2.10. The minimum absolute atomic E-state index is 0.306. The van der Waals surface area contributed by atoms with E-state index in [1.807, 2.05) is 0 Å². The van der Waals surface area contributed by atoms with Crippen LogP contribution < -0.4 is 20.9 Å². The monoisotopic (exact) mass is 277 g/mol. The Morgan fingerprint density at radius 1 is 1.25 bits per heavy atom. The van der Waals surface area contributed by atoms with Crippen molar-refractivity contribution in [1.29, 1.82) is 0 Å². The van der Waals surface area contributed by atoms with E-state index in [0.29, 0.717) is 28.9 Å². The summed E-state index contributed by atoms with van der Waals surface area (Å²) in [5.41, 5.74) is 11.0. The summed E-state index contributed by atoms with van der Waals surface area (Å²) in [6.45, 7) is 0. The summed E-state index contributed by atoms with van der Waals surface area (Å²) in [6.07, 6.45) is 3.27. The van der Waals surface area contributed by atoms with Crippen LogP contribution in [0.4, 0.5) is 0 Å². The van der Waals surface area contributed by atoms with Gasteiger partial charge in [-0.15, -0.1) is 0 Å². The number of ether oxygens (including phenoxy) is 2. The third-order valence-corrected chi connectivity index (χ3v) is 2.31. The number of aliphatic imine (C=N–C) groups is 1. The van der Waals surface area contributed by atoms with Gasteiger partial charge in [0.1, 0.15) is 0 Å². The first-order valence-electron chi connectivity index (χ1n) is 5.54.